The third-order valence-electron chi connectivity index (χ3n) is 1.83. The maximum atomic E-state index is 11.2. The molecule has 0 saturated carbocycles. The molecule has 0 aromatic heterocycles. The lowest BCUT2D eigenvalue weighted by Crippen LogP contribution is -2.19. The number of nitrogens with zero attached hydrogens (tertiary/aromatic N) is 2. The highest BCUT2D eigenvalue weighted by Crippen LogP contribution is 2.11. The van der Waals surface area contributed by atoms with Crippen molar-refractivity contribution in [3.05, 3.63) is 29.8 Å². The lowest BCUT2D eigenvalue weighted by Gasteiger charge is -2.07. The summed E-state index contributed by atoms with van der Waals surface area (Å²) in [4.78, 5) is 11.2. The van der Waals surface area contributed by atoms with Crippen LogP contribution >= 0.6 is 0 Å². The number of ether oxygens (including phenoxy) is 2. The van der Waals surface area contributed by atoms with Crippen LogP contribution in [0.15, 0.2) is 24.3 Å². The van der Waals surface area contributed by atoms with E-state index < -0.39 is 12.1 Å². The van der Waals surface area contributed by atoms with Crippen LogP contribution in [0.1, 0.15) is 12.5 Å². The van der Waals surface area contributed by atoms with Gasteiger partial charge in [0.15, 0.2) is 12.7 Å². The van der Waals surface area contributed by atoms with Crippen LogP contribution in [0.25, 0.3) is 0 Å². The molecule has 0 bridgehead atoms. The monoisotopic (exact) mass is 230 g/mol. The molecule has 5 heteroatoms. The molecule has 0 saturated heterocycles. The van der Waals surface area contributed by atoms with Crippen molar-refractivity contribution in [2.75, 3.05) is 6.61 Å². The third-order valence-corrected chi connectivity index (χ3v) is 1.83. The van der Waals surface area contributed by atoms with E-state index in [1.54, 1.807) is 30.3 Å². The van der Waals surface area contributed by atoms with E-state index >= 15 is 0 Å². The molecular weight excluding hydrogens is 220 g/mol. The molecule has 0 unspecified atom stereocenters. The summed E-state index contributed by atoms with van der Waals surface area (Å²) in [6.07, 6.45) is -0.785. The molecule has 0 spiro atoms. The highest BCUT2D eigenvalue weighted by molar-refractivity contribution is 5.71. The van der Waals surface area contributed by atoms with Gasteiger partial charge in [0, 0.05) is 0 Å². The molecule has 0 radical (unpaired) electrons. The number of nitriles is 2. The molecule has 5 nitrogen and oxygen atoms in total. The van der Waals surface area contributed by atoms with Gasteiger partial charge < -0.3 is 9.47 Å². The Morgan fingerprint density at radius 1 is 1.35 bits per heavy atom. The Hall–Kier alpha value is -2.53. The number of carbonyl (C=O) groups excluding carboxylic acids is 1. The minimum Gasteiger partial charge on any atom is -0.482 e. The van der Waals surface area contributed by atoms with Crippen molar-refractivity contribution in [3.63, 3.8) is 0 Å². The Balaban J connectivity index is 2.43. The molecule has 1 rings (SSSR count). The van der Waals surface area contributed by atoms with E-state index in [-0.39, 0.29) is 6.61 Å². The van der Waals surface area contributed by atoms with Crippen LogP contribution in [0.3, 0.4) is 0 Å². The van der Waals surface area contributed by atoms with Crippen LogP contribution in [0.5, 0.6) is 5.75 Å². The molecule has 17 heavy (non-hydrogen) atoms. The predicted octanol–water partition coefficient (Wildman–Crippen LogP) is 1.39. The average Bonchev–Trinajstić information content (AvgIpc) is 2.36. The minimum atomic E-state index is -0.785. The molecule has 0 amide bonds. The predicted molar refractivity (Wildman–Crippen MR) is 57.8 cm³/mol. The Morgan fingerprint density at radius 2 is 2.00 bits per heavy atom. The Labute approximate surface area is 98.8 Å². The number of benzene rings is 1. The van der Waals surface area contributed by atoms with Gasteiger partial charge in [0.2, 0.25) is 0 Å². The summed E-state index contributed by atoms with van der Waals surface area (Å²) >= 11 is 0. The van der Waals surface area contributed by atoms with Crippen molar-refractivity contribution in [3.8, 4) is 17.9 Å². The number of carbonyl (C=O) groups is 1. The zero-order valence-corrected chi connectivity index (χ0v) is 9.21. The first-order chi connectivity index (χ1) is 8.15. The van der Waals surface area contributed by atoms with Gasteiger partial charge in [-0.1, -0.05) is 0 Å². The lowest BCUT2D eigenvalue weighted by molar-refractivity contribution is -0.148. The fourth-order valence-corrected chi connectivity index (χ4v) is 1.03. The van der Waals surface area contributed by atoms with Crippen molar-refractivity contribution in [2.45, 2.75) is 13.0 Å². The first-order valence-electron chi connectivity index (χ1n) is 4.87. The van der Waals surface area contributed by atoms with E-state index in [9.17, 15) is 4.79 Å². The zero-order valence-electron chi connectivity index (χ0n) is 9.21. The molecule has 86 valence electrons. The summed E-state index contributed by atoms with van der Waals surface area (Å²) in [5.41, 5.74) is 0.512. The summed E-state index contributed by atoms with van der Waals surface area (Å²) in [7, 11) is 0. The molecule has 1 aromatic carbocycles. The van der Waals surface area contributed by atoms with Crippen LogP contribution in [0, 0.1) is 22.7 Å². The van der Waals surface area contributed by atoms with Crippen molar-refractivity contribution in [2.24, 2.45) is 0 Å². The van der Waals surface area contributed by atoms with Crippen LogP contribution in [0.2, 0.25) is 0 Å². The first-order valence-corrected chi connectivity index (χ1v) is 4.87. The fourth-order valence-electron chi connectivity index (χ4n) is 1.03. The van der Waals surface area contributed by atoms with Crippen LogP contribution in [0.4, 0.5) is 0 Å². The quantitative estimate of drug-likeness (QED) is 0.730. The molecule has 0 heterocycles. The zero-order chi connectivity index (χ0) is 12.7. The summed E-state index contributed by atoms with van der Waals surface area (Å²) in [6.45, 7) is 1.21. The summed E-state index contributed by atoms with van der Waals surface area (Å²) in [5.74, 6) is -0.144. The molecular formula is C12H10N2O3. The van der Waals surface area contributed by atoms with E-state index in [1.165, 1.54) is 6.92 Å². The molecule has 0 aliphatic heterocycles. The maximum Gasteiger partial charge on any atom is 0.345 e. The van der Waals surface area contributed by atoms with E-state index in [4.69, 9.17) is 15.3 Å². The fraction of sp³-hybridized carbons (Fsp3) is 0.250. The highest BCUT2D eigenvalue weighted by atomic mass is 16.6. The van der Waals surface area contributed by atoms with Gasteiger partial charge in [0.05, 0.1) is 11.6 Å². The third kappa shape index (κ3) is 4.23. The van der Waals surface area contributed by atoms with Crippen molar-refractivity contribution in [1.29, 1.82) is 10.5 Å². The van der Waals surface area contributed by atoms with E-state index in [2.05, 4.69) is 4.74 Å². The Bertz CT molecular complexity index is 468. The standard InChI is InChI=1S/C12H10N2O3/c1-9(6-13)17-12(15)8-16-11-4-2-10(7-14)3-5-11/h2-5,9H,8H2,1H3/t9-/m1/s1. The summed E-state index contributed by atoms with van der Waals surface area (Å²) in [5, 5.41) is 17.0. The van der Waals surface area contributed by atoms with Crippen molar-refractivity contribution < 1.29 is 14.3 Å². The second-order valence-electron chi connectivity index (χ2n) is 3.19. The lowest BCUT2D eigenvalue weighted by atomic mass is 10.2. The molecule has 0 aliphatic carbocycles. The summed E-state index contributed by atoms with van der Waals surface area (Å²) in [6, 6.07) is 10.1. The van der Waals surface area contributed by atoms with Gasteiger partial charge in [-0.25, -0.2) is 4.79 Å². The SMILES string of the molecule is C[C@H](C#N)OC(=O)COc1ccc(C#N)cc1. The van der Waals surface area contributed by atoms with Crippen molar-refractivity contribution in [1.82, 2.24) is 0 Å². The highest BCUT2D eigenvalue weighted by Gasteiger charge is 2.08. The number of esters is 1. The number of rotatable bonds is 4. The number of hydrogen-bond donors (Lipinski definition) is 0. The average molecular weight is 230 g/mol. The van der Waals surface area contributed by atoms with Crippen LogP contribution in [-0.4, -0.2) is 18.7 Å². The van der Waals surface area contributed by atoms with Gasteiger partial charge >= 0.3 is 5.97 Å². The van der Waals surface area contributed by atoms with E-state index in [0.29, 0.717) is 11.3 Å². The molecule has 1 aromatic rings. The second-order valence-corrected chi connectivity index (χ2v) is 3.19. The van der Waals surface area contributed by atoms with E-state index in [0.717, 1.165) is 0 Å². The Morgan fingerprint density at radius 3 is 2.53 bits per heavy atom. The largest absolute Gasteiger partial charge is 0.482 e. The van der Waals surface area contributed by atoms with Gasteiger partial charge in [-0.05, 0) is 31.2 Å². The van der Waals surface area contributed by atoms with Crippen LogP contribution in [-0.2, 0) is 9.53 Å². The van der Waals surface area contributed by atoms with Gasteiger partial charge in [0.25, 0.3) is 0 Å². The minimum absolute atomic E-state index is 0.266. The van der Waals surface area contributed by atoms with Gasteiger partial charge in [-0.2, -0.15) is 10.5 Å². The first kappa shape index (κ1) is 12.5. The van der Waals surface area contributed by atoms with Crippen molar-refractivity contribution >= 4 is 5.97 Å². The molecule has 0 fully saturated rings. The summed E-state index contributed by atoms with van der Waals surface area (Å²) < 4.78 is 9.81. The normalized spacial score (nSPS) is 10.8. The Kier molecular flexibility index (Phi) is 4.53. The number of hydrogen-bond acceptors (Lipinski definition) is 5. The van der Waals surface area contributed by atoms with Gasteiger partial charge in [0.1, 0.15) is 11.8 Å². The van der Waals surface area contributed by atoms with E-state index in [1.807, 2.05) is 6.07 Å². The van der Waals surface area contributed by atoms with Crippen LogP contribution < -0.4 is 4.74 Å². The smallest absolute Gasteiger partial charge is 0.345 e. The molecule has 0 N–H and O–H groups in total. The second kappa shape index (κ2) is 6.14. The molecule has 0 aliphatic rings. The topological polar surface area (TPSA) is 83.1 Å². The molecule has 1 atom stereocenters. The van der Waals surface area contributed by atoms with Gasteiger partial charge in [-0.3, -0.25) is 0 Å². The van der Waals surface area contributed by atoms with Gasteiger partial charge in [-0.15, -0.1) is 0 Å². The maximum absolute atomic E-state index is 11.2.